The Morgan fingerprint density at radius 2 is 2.00 bits per heavy atom. The standard InChI is InChI=1S/C15H23N3O/c1-17-5-7-18(8-6-17)15-11-16-10-12-9-13(19-2)3-4-14(12)15/h3-4,9,15-16H,5-8,10-11H2,1-2H3/p+3/t15-/m1/s1. The molecule has 0 unspecified atom stereocenters. The van der Waals surface area contributed by atoms with Gasteiger partial charge in [-0.1, -0.05) is 0 Å². The molecule has 2 aliphatic rings. The van der Waals surface area contributed by atoms with Crippen LogP contribution in [0.15, 0.2) is 18.2 Å². The van der Waals surface area contributed by atoms with Gasteiger partial charge in [-0.3, -0.25) is 0 Å². The first-order valence-electron chi connectivity index (χ1n) is 7.42. The summed E-state index contributed by atoms with van der Waals surface area (Å²) in [4.78, 5) is 3.45. The number of fused-ring (bicyclic) bond motifs is 1. The Morgan fingerprint density at radius 3 is 2.74 bits per heavy atom. The number of quaternary nitrogens is 3. The van der Waals surface area contributed by atoms with Crippen LogP contribution in [0, 0.1) is 0 Å². The van der Waals surface area contributed by atoms with Crippen molar-refractivity contribution in [3.63, 3.8) is 0 Å². The van der Waals surface area contributed by atoms with E-state index in [0.717, 1.165) is 12.3 Å². The van der Waals surface area contributed by atoms with Crippen LogP contribution in [0.2, 0.25) is 0 Å². The summed E-state index contributed by atoms with van der Waals surface area (Å²) in [5.74, 6) is 0.991. The van der Waals surface area contributed by atoms with Crippen LogP contribution in [0.1, 0.15) is 17.2 Å². The molecule has 4 heteroatoms. The summed E-state index contributed by atoms with van der Waals surface area (Å²) in [6.45, 7) is 7.54. The molecule has 4 N–H and O–H groups in total. The van der Waals surface area contributed by atoms with Crippen LogP contribution >= 0.6 is 0 Å². The minimum atomic E-state index is 0.669. The zero-order chi connectivity index (χ0) is 13.2. The molecule has 4 nitrogen and oxygen atoms in total. The van der Waals surface area contributed by atoms with Crippen LogP contribution in [0.4, 0.5) is 0 Å². The van der Waals surface area contributed by atoms with Crippen molar-refractivity contribution in [2.45, 2.75) is 12.6 Å². The second-order valence-corrected chi connectivity index (χ2v) is 5.96. The van der Waals surface area contributed by atoms with E-state index in [-0.39, 0.29) is 0 Å². The van der Waals surface area contributed by atoms with E-state index in [0.29, 0.717) is 6.04 Å². The van der Waals surface area contributed by atoms with E-state index < -0.39 is 0 Å². The fourth-order valence-corrected chi connectivity index (χ4v) is 3.49. The van der Waals surface area contributed by atoms with E-state index in [9.17, 15) is 0 Å². The van der Waals surface area contributed by atoms with E-state index in [1.807, 2.05) is 0 Å². The Morgan fingerprint density at radius 1 is 1.21 bits per heavy atom. The lowest BCUT2D eigenvalue weighted by Crippen LogP contribution is -3.28. The topological polar surface area (TPSA) is 34.7 Å². The van der Waals surface area contributed by atoms with Crippen molar-refractivity contribution in [2.24, 2.45) is 0 Å². The Bertz CT molecular complexity index is 441. The number of benzene rings is 1. The zero-order valence-corrected chi connectivity index (χ0v) is 12.0. The average molecular weight is 264 g/mol. The molecule has 2 heterocycles. The van der Waals surface area contributed by atoms with Gasteiger partial charge in [0.25, 0.3) is 0 Å². The van der Waals surface area contributed by atoms with Gasteiger partial charge in [0, 0.05) is 11.1 Å². The average Bonchev–Trinajstić information content (AvgIpc) is 2.47. The lowest BCUT2D eigenvalue weighted by Gasteiger charge is -2.35. The highest BCUT2D eigenvalue weighted by atomic mass is 16.5. The molecule has 0 saturated carbocycles. The van der Waals surface area contributed by atoms with E-state index >= 15 is 0 Å². The van der Waals surface area contributed by atoms with Crippen LogP contribution in [-0.2, 0) is 6.54 Å². The van der Waals surface area contributed by atoms with Crippen LogP contribution in [-0.4, -0.2) is 46.9 Å². The maximum absolute atomic E-state index is 5.35. The monoisotopic (exact) mass is 264 g/mol. The lowest BCUT2D eigenvalue weighted by atomic mass is 9.94. The zero-order valence-electron chi connectivity index (χ0n) is 12.0. The van der Waals surface area contributed by atoms with Crippen molar-refractivity contribution in [3.8, 4) is 5.75 Å². The van der Waals surface area contributed by atoms with Crippen molar-refractivity contribution >= 4 is 0 Å². The summed E-state index contributed by atoms with van der Waals surface area (Å²) in [5.41, 5.74) is 3.02. The minimum Gasteiger partial charge on any atom is -0.497 e. The number of ether oxygens (including phenoxy) is 1. The Hall–Kier alpha value is -1.10. The van der Waals surface area contributed by atoms with Gasteiger partial charge < -0.3 is 19.9 Å². The van der Waals surface area contributed by atoms with Crippen molar-refractivity contribution in [1.82, 2.24) is 0 Å². The number of nitrogens with two attached hydrogens (primary N) is 1. The molecule has 0 amide bonds. The van der Waals surface area contributed by atoms with Crippen LogP contribution in [0.3, 0.4) is 0 Å². The molecule has 0 bridgehead atoms. The molecule has 2 aliphatic heterocycles. The molecule has 1 aromatic carbocycles. The van der Waals surface area contributed by atoms with Gasteiger partial charge in [-0.25, -0.2) is 0 Å². The normalized spacial score (nSPS) is 30.7. The summed E-state index contributed by atoms with van der Waals surface area (Å²) >= 11 is 0. The molecule has 19 heavy (non-hydrogen) atoms. The summed E-state index contributed by atoms with van der Waals surface area (Å²) in [7, 11) is 4.06. The Balaban J connectivity index is 1.82. The Labute approximate surface area is 115 Å². The maximum atomic E-state index is 5.35. The number of piperazine rings is 1. The molecule has 1 saturated heterocycles. The van der Waals surface area contributed by atoms with Gasteiger partial charge in [0.05, 0.1) is 14.2 Å². The van der Waals surface area contributed by atoms with E-state index in [2.05, 4.69) is 30.6 Å². The van der Waals surface area contributed by atoms with Crippen molar-refractivity contribution in [1.29, 1.82) is 0 Å². The van der Waals surface area contributed by atoms with Gasteiger partial charge >= 0.3 is 0 Å². The minimum absolute atomic E-state index is 0.669. The molecule has 1 aromatic rings. The third-order valence-corrected chi connectivity index (χ3v) is 4.73. The molecule has 3 rings (SSSR count). The molecule has 0 aliphatic carbocycles. The van der Waals surface area contributed by atoms with Gasteiger partial charge in [-0.15, -0.1) is 0 Å². The lowest BCUT2D eigenvalue weighted by molar-refractivity contribution is -1.03. The predicted octanol–water partition coefficient (Wildman–Crippen LogP) is -2.77. The number of rotatable bonds is 2. The molecule has 0 aromatic heterocycles. The van der Waals surface area contributed by atoms with Crippen LogP contribution in [0.25, 0.3) is 0 Å². The van der Waals surface area contributed by atoms with Crippen molar-refractivity contribution in [2.75, 3.05) is 46.9 Å². The second kappa shape index (κ2) is 5.49. The predicted molar refractivity (Wildman–Crippen MR) is 73.5 cm³/mol. The first-order chi connectivity index (χ1) is 9.28. The highest BCUT2D eigenvalue weighted by molar-refractivity contribution is 5.37. The second-order valence-electron chi connectivity index (χ2n) is 5.96. The highest BCUT2D eigenvalue weighted by Crippen LogP contribution is 2.22. The quantitative estimate of drug-likeness (QED) is 0.531. The van der Waals surface area contributed by atoms with Gasteiger partial charge in [-0.2, -0.15) is 0 Å². The van der Waals surface area contributed by atoms with E-state index in [1.165, 1.54) is 38.3 Å². The molecule has 0 spiro atoms. The highest BCUT2D eigenvalue weighted by Gasteiger charge is 2.34. The van der Waals surface area contributed by atoms with Crippen LogP contribution in [0.5, 0.6) is 5.75 Å². The summed E-state index contributed by atoms with van der Waals surface area (Å²) < 4.78 is 5.35. The van der Waals surface area contributed by atoms with Crippen molar-refractivity contribution < 1.29 is 19.9 Å². The third kappa shape index (κ3) is 2.61. The molecule has 1 atom stereocenters. The van der Waals surface area contributed by atoms with Gasteiger partial charge in [-0.05, 0) is 18.2 Å². The summed E-state index contributed by atoms with van der Waals surface area (Å²) in [6, 6.07) is 7.31. The summed E-state index contributed by atoms with van der Waals surface area (Å²) in [6.07, 6.45) is 0. The molecule has 1 fully saturated rings. The smallest absolute Gasteiger partial charge is 0.163 e. The number of methoxy groups -OCH3 is 1. The first kappa shape index (κ1) is 12.9. The largest absolute Gasteiger partial charge is 0.497 e. The number of likely N-dealkylation sites (N-methyl/N-ethyl adjacent to an activating group) is 1. The fourth-order valence-electron chi connectivity index (χ4n) is 3.49. The number of hydrogen-bond donors (Lipinski definition) is 3. The van der Waals surface area contributed by atoms with Gasteiger partial charge in [0.2, 0.25) is 0 Å². The molecule has 0 radical (unpaired) electrons. The maximum Gasteiger partial charge on any atom is 0.163 e. The SMILES string of the molecule is COc1ccc2c(c1)C[NH2+]C[C@H]2[NH+]1CC[NH+](C)CC1. The third-order valence-electron chi connectivity index (χ3n) is 4.73. The molecular formula is C15H26N3O+3. The van der Waals surface area contributed by atoms with E-state index in [1.54, 1.807) is 22.5 Å². The van der Waals surface area contributed by atoms with Gasteiger partial charge in [0.15, 0.2) is 6.04 Å². The van der Waals surface area contributed by atoms with E-state index in [4.69, 9.17) is 4.74 Å². The fraction of sp³-hybridized carbons (Fsp3) is 0.600. The summed E-state index contributed by atoms with van der Waals surface area (Å²) in [5, 5.41) is 2.45. The Kier molecular flexibility index (Phi) is 3.73. The van der Waals surface area contributed by atoms with Crippen molar-refractivity contribution in [3.05, 3.63) is 29.3 Å². The van der Waals surface area contributed by atoms with Crippen LogP contribution < -0.4 is 19.9 Å². The number of nitrogens with one attached hydrogen (secondary N) is 2. The first-order valence-corrected chi connectivity index (χ1v) is 7.42. The number of hydrogen-bond acceptors (Lipinski definition) is 1. The molecule has 104 valence electrons. The molecular weight excluding hydrogens is 238 g/mol. The van der Waals surface area contributed by atoms with Gasteiger partial charge in [0.1, 0.15) is 45.0 Å².